The maximum Gasteiger partial charge on any atom is 0.188 e. The lowest BCUT2D eigenvalue weighted by Gasteiger charge is -1.99. The molecule has 0 unspecified atom stereocenters. The lowest BCUT2D eigenvalue weighted by atomic mass is 10.2. The molecule has 0 spiro atoms. The van der Waals surface area contributed by atoms with E-state index in [0.717, 1.165) is 18.9 Å². The van der Waals surface area contributed by atoms with E-state index in [2.05, 4.69) is 27.7 Å². The molecule has 0 bridgehead atoms. The van der Waals surface area contributed by atoms with E-state index >= 15 is 0 Å². The van der Waals surface area contributed by atoms with Crippen LogP contribution in [0.15, 0.2) is 0 Å². The monoisotopic (exact) mass is 183 g/mol. The van der Waals surface area contributed by atoms with E-state index in [0.29, 0.717) is 0 Å². The van der Waals surface area contributed by atoms with E-state index in [9.17, 15) is 0 Å². The van der Waals surface area contributed by atoms with Crippen LogP contribution >= 0.6 is 0 Å². The minimum absolute atomic E-state index is 0.720. The van der Waals surface area contributed by atoms with Crippen LogP contribution in [0, 0.1) is 0 Å². The number of hydrogen-bond acceptors (Lipinski definition) is 4. The van der Waals surface area contributed by atoms with Crippen molar-refractivity contribution in [2.75, 3.05) is 6.54 Å². The van der Waals surface area contributed by atoms with Gasteiger partial charge in [0.1, 0.15) is 0 Å². The molecule has 0 saturated carbocycles. The van der Waals surface area contributed by atoms with Crippen molar-refractivity contribution in [3.05, 3.63) is 5.82 Å². The first-order valence-electron chi connectivity index (χ1n) is 4.76. The van der Waals surface area contributed by atoms with Crippen molar-refractivity contribution >= 4 is 0 Å². The van der Waals surface area contributed by atoms with Gasteiger partial charge in [-0.2, -0.15) is 4.80 Å². The largest absolute Gasteiger partial charge is 0.310 e. The molecule has 13 heavy (non-hydrogen) atoms. The third-order valence-electron chi connectivity index (χ3n) is 1.79. The highest BCUT2D eigenvalue weighted by Gasteiger charge is 1.97. The maximum atomic E-state index is 4.06. The molecule has 1 heterocycles. The fourth-order valence-corrected chi connectivity index (χ4v) is 1.09. The Morgan fingerprint density at radius 1 is 1.38 bits per heavy atom. The second-order valence-electron chi connectivity index (χ2n) is 3.08. The average Bonchev–Trinajstić information content (AvgIpc) is 2.51. The van der Waals surface area contributed by atoms with Crippen LogP contribution in [0.25, 0.3) is 0 Å². The van der Waals surface area contributed by atoms with Gasteiger partial charge in [-0.1, -0.05) is 19.8 Å². The molecule has 5 heteroatoms. The quantitative estimate of drug-likeness (QED) is 0.652. The first-order chi connectivity index (χ1) is 6.33. The topological polar surface area (TPSA) is 55.6 Å². The molecule has 0 fully saturated rings. The Balaban J connectivity index is 2.06. The Bertz CT molecular complexity index is 232. The predicted molar refractivity (Wildman–Crippen MR) is 50.0 cm³/mol. The van der Waals surface area contributed by atoms with E-state index in [-0.39, 0.29) is 0 Å². The molecule has 1 aromatic rings. The van der Waals surface area contributed by atoms with Gasteiger partial charge in [-0.3, -0.25) is 0 Å². The van der Waals surface area contributed by atoms with E-state index in [1.54, 1.807) is 7.05 Å². The number of tetrazole rings is 1. The van der Waals surface area contributed by atoms with Crippen molar-refractivity contribution < 1.29 is 0 Å². The molecular weight excluding hydrogens is 166 g/mol. The van der Waals surface area contributed by atoms with Crippen LogP contribution in [0.5, 0.6) is 0 Å². The second-order valence-corrected chi connectivity index (χ2v) is 3.08. The molecule has 0 saturated heterocycles. The molecule has 1 aromatic heterocycles. The molecule has 1 rings (SSSR count). The zero-order valence-electron chi connectivity index (χ0n) is 8.32. The number of hydrogen-bond donors (Lipinski definition) is 1. The summed E-state index contributed by atoms with van der Waals surface area (Å²) >= 11 is 0. The van der Waals surface area contributed by atoms with Crippen LogP contribution in [0.2, 0.25) is 0 Å². The molecule has 0 amide bonds. The first kappa shape index (κ1) is 10.1. The molecule has 0 aliphatic carbocycles. The van der Waals surface area contributed by atoms with Gasteiger partial charge < -0.3 is 5.32 Å². The number of nitrogens with zero attached hydrogens (tertiary/aromatic N) is 4. The number of aromatic nitrogens is 4. The molecule has 0 aliphatic rings. The van der Waals surface area contributed by atoms with Crippen LogP contribution in [-0.2, 0) is 13.6 Å². The maximum absolute atomic E-state index is 4.06. The van der Waals surface area contributed by atoms with Crippen molar-refractivity contribution in [3.8, 4) is 0 Å². The average molecular weight is 183 g/mol. The van der Waals surface area contributed by atoms with Crippen LogP contribution in [0.4, 0.5) is 0 Å². The predicted octanol–water partition coefficient (Wildman–Crippen LogP) is 0.490. The standard InChI is InChI=1S/C8H17N5/c1-3-4-5-6-9-7-8-10-12-13(2)11-8/h9H,3-7H2,1-2H3. The molecule has 0 radical (unpaired) electrons. The van der Waals surface area contributed by atoms with Crippen molar-refractivity contribution in [2.24, 2.45) is 7.05 Å². The Kier molecular flexibility index (Phi) is 4.39. The summed E-state index contributed by atoms with van der Waals surface area (Å²) in [5.74, 6) is 0.763. The Hall–Kier alpha value is -0.970. The van der Waals surface area contributed by atoms with Gasteiger partial charge in [-0.05, 0) is 18.2 Å². The summed E-state index contributed by atoms with van der Waals surface area (Å²) < 4.78 is 0. The summed E-state index contributed by atoms with van der Waals surface area (Å²) in [4.78, 5) is 1.48. The summed E-state index contributed by atoms with van der Waals surface area (Å²) in [6.45, 7) is 3.95. The fraction of sp³-hybridized carbons (Fsp3) is 0.875. The van der Waals surface area contributed by atoms with Gasteiger partial charge in [0.15, 0.2) is 5.82 Å². The highest BCUT2D eigenvalue weighted by Crippen LogP contribution is 1.91. The number of aryl methyl sites for hydroxylation is 1. The third kappa shape index (κ3) is 3.98. The summed E-state index contributed by atoms with van der Waals surface area (Å²) in [7, 11) is 1.77. The van der Waals surface area contributed by atoms with Gasteiger partial charge in [-0.15, -0.1) is 10.2 Å². The first-order valence-corrected chi connectivity index (χ1v) is 4.76. The Morgan fingerprint density at radius 2 is 2.23 bits per heavy atom. The van der Waals surface area contributed by atoms with E-state index in [1.807, 2.05) is 0 Å². The smallest absolute Gasteiger partial charge is 0.188 e. The van der Waals surface area contributed by atoms with Gasteiger partial charge in [0.2, 0.25) is 0 Å². The van der Waals surface area contributed by atoms with E-state index < -0.39 is 0 Å². The van der Waals surface area contributed by atoms with Gasteiger partial charge in [0.05, 0.1) is 13.6 Å². The normalized spacial score (nSPS) is 10.6. The molecule has 0 atom stereocenters. The van der Waals surface area contributed by atoms with Crippen molar-refractivity contribution in [2.45, 2.75) is 32.7 Å². The number of rotatable bonds is 6. The zero-order chi connectivity index (χ0) is 9.52. The van der Waals surface area contributed by atoms with Crippen molar-refractivity contribution in [3.63, 3.8) is 0 Å². The van der Waals surface area contributed by atoms with Crippen LogP contribution in [0.1, 0.15) is 32.0 Å². The van der Waals surface area contributed by atoms with Gasteiger partial charge in [-0.25, -0.2) is 0 Å². The molecule has 74 valence electrons. The summed E-state index contributed by atoms with van der Waals surface area (Å²) in [6, 6.07) is 0. The SMILES string of the molecule is CCCCCNCc1nnn(C)n1. The fourth-order valence-electron chi connectivity index (χ4n) is 1.09. The van der Waals surface area contributed by atoms with Gasteiger partial charge >= 0.3 is 0 Å². The Morgan fingerprint density at radius 3 is 2.85 bits per heavy atom. The number of nitrogens with one attached hydrogen (secondary N) is 1. The van der Waals surface area contributed by atoms with Crippen molar-refractivity contribution in [1.82, 2.24) is 25.5 Å². The van der Waals surface area contributed by atoms with E-state index in [4.69, 9.17) is 0 Å². The minimum Gasteiger partial charge on any atom is -0.310 e. The summed E-state index contributed by atoms with van der Waals surface area (Å²) in [6.07, 6.45) is 3.75. The molecule has 0 aliphatic heterocycles. The minimum atomic E-state index is 0.720. The van der Waals surface area contributed by atoms with Crippen LogP contribution in [-0.4, -0.2) is 26.8 Å². The summed E-state index contributed by atoms with van der Waals surface area (Å²) in [5, 5.41) is 15.0. The molecule has 0 aromatic carbocycles. The molecule has 1 N–H and O–H groups in total. The van der Waals surface area contributed by atoms with Gasteiger partial charge in [0, 0.05) is 0 Å². The Labute approximate surface area is 78.5 Å². The number of unbranched alkanes of at least 4 members (excludes halogenated alkanes) is 2. The molecular formula is C8H17N5. The van der Waals surface area contributed by atoms with Crippen LogP contribution in [0.3, 0.4) is 0 Å². The zero-order valence-corrected chi connectivity index (χ0v) is 8.32. The van der Waals surface area contributed by atoms with Crippen LogP contribution < -0.4 is 5.32 Å². The van der Waals surface area contributed by atoms with Gasteiger partial charge in [0.25, 0.3) is 0 Å². The lowest BCUT2D eigenvalue weighted by molar-refractivity contribution is 0.595. The lowest BCUT2D eigenvalue weighted by Crippen LogP contribution is -2.15. The van der Waals surface area contributed by atoms with E-state index in [1.165, 1.54) is 24.1 Å². The molecule has 5 nitrogen and oxygen atoms in total. The highest BCUT2D eigenvalue weighted by atomic mass is 15.6. The van der Waals surface area contributed by atoms with Crippen molar-refractivity contribution in [1.29, 1.82) is 0 Å². The second kappa shape index (κ2) is 5.64. The highest BCUT2D eigenvalue weighted by molar-refractivity contribution is 4.74. The third-order valence-corrected chi connectivity index (χ3v) is 1.79. The summed E-state index contributed by atoms with van der Waals surface area (Å²) in [5.41, 5.74) is 0.